The minimum atomic E-state index is 0. The molecule has 0 unspecified atom stereocenters. The molecule has 0 aromatic rings. The van der Waals surface area contributed by atoms with Gasteiger partial charge in [-0.2, -0.15) is 0 Å². The second kappa shape index (κ2) is 6.33. The summed E-state index contributed by atoms with van der Waals surface area (Å²) in [5, 5.41) is 0.873. The molecule has 0 radical (unpaired) electrons. The van der Waals surface area contributed by atoms with E-state index in [0.29, 0.717) is 0 Å². The van der Waals surface area contributed by atoms with Crippen LogP contribution in [0.4, 0.5) is 0 Å². The van der Waals surface area contributed by atoms with Crippen molar-refractivity contribution in [1.29, 1.82) is 0 Å². The second-order valence-corrected chi connectivity index (χ2v) is 2.29. The van der Waals surface area contributed by atoms with Crippen molar-refractivity contribution < 1.29 is 36.5 Å². The summed E-state index contributed by atoms with van der Waals surface area (Å²) < 4.78 is 0. The molecule has 0 aliphatic heterocycles. The van der Waals surface area contributed by atoms with Crippen molar-refractivity contribution >= 4 is 11.6 Å². The van der Waals surface area contributed by atoms with Gasteiger partial charge in [-0.3, -0.25) is 0 Å². The van der Waals surface area contributed by atoms with E-state index < -0.39 is 0 Å². The van der Waals surface area contributed by atoms with Gasteiger partial charge in [-0.25, -0.2) is 0 Å². The van der Waals surface area contributed by atoms with Gasteiger partial charge in [0.15, 0.2) is 0 Å². The molecular formula is C7H7BrClZn-. The van der Waals surface area contributed by atoms with Crippen LogP contribution in [0.3, 0.4) is 0 Å². The molecule has 52 valence electrons. The fourth-order valence-electron chi connectivity index (χ4n) is 0.623. The van der Waals surface area contributed by atoms with Gasteiger partial charge in [0.05, 0.1) is 0 Å². The van der Waals surface area contributed by atoms with Crippen molar-refractivity contribution in [3.05, 3.63) is 35.4 Å². The van der Waals surface area contributed by atoms with E-state index in [1.54, 1.807) is 0 Å². The van der Waals surface area contributed by atoms with Crippen LogP contribution >= 0.6 is 11.6 Å². The van der Waals surface area contributed by atoms with Gasteiger partial charge in [0.25, 0.3) is 0 Å². The molecule has 0 fully saturated rings. The zero-order valence-electron chi connectivity index (χ0n) is 5.61. The van der Waals surface area contributed by atoms with E-state index in [2.05, 4.69) is 6.58 Å². The Hall–Kier alpha value is 0.613. The number of rotatable bonds is 0. The van der Waals surface area contributed by atoms with Gasteiger partial charge in [0, 0.05) is 30.9 Å². The molecule has 0 aromatic heterocycles. The van der Waals surface area contributed by atoms with Gasteiger partial charge in [-0.05, 0) is 11.6 Å². The van der Waals surface area contributed by atoms with Crippen LogP contribution in [0.5, 0.6) is 0 Å². The number of hydrogen-bond acceptors (Lipinski definition) is 0. The van der Waals surface area contributed by atoms with E-state index in [9.17, 15) is 0 Å². The summed E-state index contributed by atoms with van der Waals surface area (Å²) in [6, 6.07) is 0. The molecule has 0 atom stereocenters. The van der Waals surface area contributed by atoms with Crippen molar-refractivity contribution in [3.63, 3.8) is 0 Å². The van der Waals surface area contributed by atoms with Crippen LogP contribution in [0.2, 0.25) is 0 Å². The van der Waals surface area contributed by atoms with Gasteiger partial charge < -0.3 is 17.0 Å². The molecular weight excluding hydrogens is 265 g/mol. The van der Waals surface area contributed by atoms with E-state index in [1.807, 2.05) is 18.2 Å². The van der Waals surface area contributed by atoms with Gasteiger partial charge in [0.2, 0.25) is 0 Å². The maximum atomic E-state index is 5.66. The molecule has 0 nitrogen and oxygen atoms in total. The number of allylic oxidation sites excluding steroid dienone is 5. The maximum Gasteiger partial charge on any atom is 0.0224 e. The Morgan fingerprint density at radius 2 is 2.10 bits per heavy atom. The molecule has 1 aliphatic rings. The van der Waals surface area contributed by atoms with Gasteiger partial charge in [0.1, 0.15) is 0 Å². The van der Waals surface area contributed by atoms with Crippen LogP contribution in [-0.4, -0.2) is 0 Å². The third-order valence-electron chi connectivity index (χ3n) is 1.00. The van der Waals surface area contributed by atoms with Gasteiger partial charge >= 0.3 is 0 Å². The van der Waals surface area contributed by atoms with Crippen molar-refractivity contribution in [2.24, 2.45) is 0 Å². The zero-order chi connectivity index (χ0) is 5.98. The predicted octanol–water partition coefficient (Wildman–Crippen LogP) is -0.373. The standard InChI is InChI=1S/C7H7Cl.BrH.Zn/c1-6-3-2-4-7(8)5-6;;/h2-4H,1,5H2;1H;/p-1. The molecule has 0 saturated carbocycles. The molecule has 1 rings (SSSR count). The van der Waals surface area contributed by atoms with E-state index in [4.69, 9.17) is 11.6 Å². The largest absolute Gasteiger partial charge is 1.00 e. The Bertz CT molecular complexity index is 172. The molecule has 0 heterocycles. The first-order valence-corrected chi connectivity index (χ1v) is 2.87. The van der Waals surface area contributed by atoms with Crippen molar-refractivity contribution in [3.8, 4) is 0 Å². The van der Waals surface area contributed by atoms with Crippen molar-refractivity contribution in [2.75, 3.05) is 0 Å². The summed E-state index contributed by atoms with van der Waals surface area (Å²) >= 11 is 5.66. The molecule has 3 heteroatoms. The van der Waals surface area contributed by atoms with Crippen LogP contribution in [0.15, 0.2) is 35.4 Å². The van der Waals surface area contributed by atoms with Gasteiger partial charge in [-0.1, -0.05) is 30.3 Å². The molecule has 0 N–H and O–H groups in total. The summed E-state index contributed by atoms with van der Waals surface area (Å²) in [5.41, 5.74) is 1.08. The second-order valence-electron chi connectivity index (χ2n) is 1.81. The van der Waals surface area contributed by atoms with Crippen LogP contribution < -0.4 is 17.0 Å². The first-order chi connectivity index (χ1) is 3.79. The summed E-state index contributed by atoms with van der Waals surface area (Å²) in [5.74, 6) is 0. The topological polar surface area (TPSA) is 0 Å². The quantitative estimate of drug-likeness (QED) is 0.528. The molecule has 0 aromatic carbocycles. The monoisotopic (exact) mass is 269 g/mol. The average molecular weight is 272 g/mol. The molecule has 0 spiro atoms. The smallest absolute Gasteiger partial charge is 0.0224 e. The Morgan fingerprint density at radius 1 is 1.50 bits per heavy atom. The fraction of sp³-hybridized carbons (Fsp3) is 0.143. The first kappa shape index (κ1) is 13.2. The van der Waals surface area contributed by atoms with E-state index >= 15 is 0 Å². The summed E-state index contributed by atoms with van der Waals surface area (Å²) in [4.78, 5) is 0. The third kappa shape index (κ3) is 4.43. The Balaban J connectivity index is 0. The Morgan fingerprint density at radius 3 is 2.40 bits per heavy atom. The van der Waals surface area contributed by atoms with Gasteiger partial charge in [-0.15, -0.1) is 0 Å². The molecule has 0 saturated heterocycles. The van der Waals surface area contributed by atoms with Crippen LogP contribution in [-0.2, 0) is 19.5 Å². The van der Waals surface area contributed by atoms with E-state index in [0.717, 1.165) is 17.0 Å². The Kier molecular flexibility index (Phi) is 8.37. The minimum Gasteiger partial charge on any atom is -1.00 e. The molecule has 0 bridgehead atoms. The minimum absolute atomic E-state index is 0. The summed E-state index contributed by atoms with van der Waals surface area (Å²) in [6.45, 7) is 3.75. The first-order valence-electron chi connectivity index (χ1n) is 2.49. The normalized spacial score (nSPS) is 14.9. The SMILES string of the molecule is C=C1C=CC=C(Cl)C1.[Br-].[Zn]. The molecule has 1 aliphatic carbocycles. The molecule has 10 heavy (non-hydrogen) atoms. The van der Waals surface area contributed by atoms with Crippen LogP contribution in [0.1, 0.15) is 6.42 Å². The Labute approximate surface area is 89.6 Å². The predicted molar refractivity (Wildman–Crippen MR) is 36.8 cm³/mol. The fourth-order valence-corrected chi connectivity index (χ4v) is 0.868. The third-order valence-corrected chi connectivity index (χ3v) is 1.26. The van der Waals surface area contributed by atoms with Crippen molar-refractivity contribution in [1.82, 2.24) is 0 Å². The van der Waals surface area contributed by atoms with E-state index in [1.165, 1.54) is 0 Å². The van der Waals surface area contributed by atoms with Crippen LogP contribution in [0.25, 0.3) is 0 Å². The zero-order valence-corrected chi connectivity index (χ0v) is 10.9. The maximum absolute atomic E-state index is 5.66. The summed E-state index contributed by atoms with van der Waals surface area (Å²) in [7, 11) is 0. The van der Waals surface area contributed by atoms with E-state index in [-0.39, 0.29) is 36.5 Å². The van der Waals surface area contributed by atoms with Crippen molar-refractivity contribution in [2.45, 2.75) is 6.42 Å². The number of halogens is 2. The number of hydrogen-bond donors (Lipinski definition) is 0. The summed E-state index contributed by atoms with van der Waals surface area (Å²) in [6.07, 6.45) is 6.58. The molecule has 0 amide bonds. The van der Waals surface area contributed by atoms with Crippen LogP contribution in [0, 0.1) is 0 Å². The average Bonchev–Trinajstić information content (AvgIpc) is 1.64.